The summed E-state index contributed by atoms with van der Waals surface area (Å²) in [5.41, 5.74) is 0.947. The fourth-order valence-corrected chi connectivity index (χ4v) is 2.19. The average molecular weight is 298 g/mol. The Bertz CT molecular complexity index is 427. The van der Waals surface area contributed by atoms with Crippen LogP contribution in [0.15, 0.2) is 18.2 Å². The van der Waals surface area contributed by atoms with Crippen molar-refractivity contribution in [3.63, 3.8) is 0 Å². The van der Waals surface area contributed by atoms with Crippen LogP contribution in [0.4, 0.5) is 5.69 Å². The van der Waals surface area contributed by atoms with Crippen LogP contribution in [0, 0.1) is 10.1 Å². The van der Waals surface area contributed by atoms with Crippen LogP contribution in [0.5, 0.6) is 5.75 Å². The summed E-state index contributed by atoms with van der Waals surface area (Å²) in [7, 11) is 0. The van der Waals surface area contributed by atoms with Gasteiger partial charge in [0.2, 0.25) is 0 Å². The SMILES string of the molecule is CCCNCc1ccc(OCCSCC)c([N+](=O)[O-])c1. The molecule has 1 N–H and O–H groups in total. The highest BCUT2D eigenvalue weighted by atomic mass is 32.2. The van der Waals surface area contributed by atoms with Gasteiger partial charge in [0.1, 0.15) is 0 Å². The Kier molecular flexibility index (Phi) is 8.06. The number of hydrogen-bond donors (Lipinski definition) is 1. The number of hydrogen-bond acceptors (Lipinski definition) is 5. The van der Waals surface area contributed by atoms with Crippen molar-refractivity contribution in [2.24, 2.45) is 0 Å². The van der Waals surface area contributed by atoms with E-state index >= 15 is 0 Å². The van der Waals surface area contributed by atoms with Gasteiger partial charge in [0.25, 0.3) is 0 Å². The molecule has 0 aromatic heterocycles. The predicted molar refractivity (Wildman–Crippen MR) is 83.6 cm³/mol. The predicted octanol–water partition coefficient (Wildman–Crippen LogP) is 3.23. The molecule has 0 saturated heterocycles. The Morgan fingerprint density at radius 2 is 2.20 bits per heavy atom. The number of thioether (sulfide) groups is 1. The molecule has 0 spiro atoms. The van der Waals surface area contributed by atoms with Crippen LogP contribution >= 0.6 is 11.8 Å². The molecule has 0 unspecified atom stereocenters. The molecule has 112 valence electrons. The highest BCUT2D eigenvalue weighted by Crippen LogP contribution is 2.28. The van der Waals surface area contributed by atoms with Crippen molar-refractivity contribution in [2.45, 2.75) is 26.8 Å². The summed E-state index contributed by atoms with van der Waals surface area (Å²) < 4.78 is 5.50. The van der Waals surface area contributed by atoms with Crippen molar-refractivity contribution in [1.29, 1.82) is 0 Å². The first-order valence-electron chi connectivity index (χ1n) is 6.87. The summed E-state index contributed by atoms with van der Waals surface area (Å²) >= 11 is 1.75. The highest BCUT2D eigenvalue weighted by molar-refractivity contribution is 7.99. The maximum absolute atomic E-state index is 11.1. The molecule has 0 atom stereocenters. The first-order valence-corrected chi connectivity index (χ1v) is 8.03. The van der Waals surface area contributed by atoms with E-state index in [0.29, 0.717) is 18.9 Å². The molecule has 0 aliphatic carbocycles. The van der Waals surface area contributed by atoms with Gasteiger partial charge in [-0.1, -0.05) is 19.9 Å². The Labute approximate surface area is 124 Å². The van der Waals surface area contributed by atoms with E-state index in [1.807, 2.05) is 6.07 Å². The Morgan fingerprint density at radius 1 is 1.40 bits per heavy atom. The largest absolute Gasteiger partial charge is 0.486 e. The number of nitro groups is 1. The van der Waals surface area contributed by atoms with Gasteiger partial charge in [-0.25, -0.2) is 0 Å². The molecule has 0 saturated carbocycles. The molecule has 0 bridgehead atoms. The van der Waals surface area contributed by atoms with Crippen molar-refractivity contribution in [1.82, 2.24) is 5.32 Å². The van der Waals surface area contributed by atoms with Crippen LogP contribution in [-0.2, 0) is 6.54 Å². The van der Waals surface area contributed by atoms with Crippen LogP contribution in [0.3, 0.4) is 0 Å². The third-order valence-electron chi connectivity index (χ3n) is 2.67. The summed E-state index contributed by atoms with van der Waals surface area (Å²) in [6, 6.07) is 5.15. The Hall–Kier alpha value is -1.27. The molecular weight excluding hydrogens is 276 g/mol. The minimum atomic E-state index is -0.383. The molecule has 1 aromatic rings. The first-order chi connectivity index (χ1) is 9.69. The van der Waals surface area contributed by atoms with Gasteiger partial charge in [-0.15, -0.1) is 0 Å². The van der Waals surface area contributed by atoms with Gasteiger partial charge >= 0.3 is 5.69 Å². The van der Waals surface area contributed by atoms with Gasteiger partial charge in [-0.2, -0.15) is 11.8 Å². The molecule has 0 heterocycles. The summed E-state index contributed by atoms with van der Waals surface area (Å²) in [5, 5.41) is 14.3. The lowest BCUT2D eigenvalue weighted by molar-refractivity contribution is -0.385. The lowest BCUT2D eigenvalue weighted by Gasteiger charge is -2.08. The lowest BCUT2D eigenvalue weighted by Crippen LogP contribution is -2.14. The molecule has 5 nitrogen and oxygen atoms in total. The molecule has 1 aromatic carbocycles. The monoisotopic (exact) mass is 298 g/mol. The minimum absolute atomic E-state index is 0.0438. The van der Waals surface area contributed by atoms with Gasteiger partial charge in [0, 0.05) is 18.4 Å². The van der Waals surface area contributed by atoms with Crippen LogP contribution in [0.2, 0.25) is 0 Å². The molecule has 0 radical (unpaired) electrons. The van der Waals surface area contributed by atoms with E-state index < -0.39 is 0 Å². The molecule has 0 amide bonds. The van der Waals surface area contributed by atoms with Gasteiger partial charge in [-0.3, -0.25) is 10.1 Å². The topological polar surface area (TPSA) is 64.4 Å². The van der Waals surface area contributed by atoms with Gasteiger partial charge in [0.05, 0.1) is 11.5 Å². The molecule has 0 aliphatic rings. The highest BCUT2D eigenvalue weighted by Gasteiger charge is 2.15. The van der Waals surface area contributed by atoms with Gasteiger partial charge < -0.3 is 10.1 Å². The van der Waals surface area contributed by atoms with Crippen molar-refractivity contribution >= 4 is 17.4 Å². The summed E-state index contributed by atoms with van der Waals surface area (Å²) in [6.45, 7) is 6.19. The van der Waals surface area contributed by atoms with Gasteiger partial charge in [-0.05, 0) is 30.3 Å². The van der Waals surface area contributed by atoms with E-state index in [-0.39, 0.29) is 10.6 Å². The number of nitrogens with one attached hydrogen (secondary N) is 1. The third-order valence-corrected chi connectivity index (χ3v) is 3.53. The number of ether oxygens (including phenoxy) is 1. The number of nitro benzene ring substituents is 1. The van der Waals surface area contributed by atoms with Crippen LogP contribution in [0.1, 0.15) is 25.8 Å². The Morgan fingerprint density at radius 3 is 2.85 bits per heavy atom. The Balaban J connectivity index is 2.67. The molecule has 20 heavy (non-hydrogen) atoms. The molecular formula is C14H22N2O3S. The van der Waals surface area contributed by atoms with Crippen LogP contribution in [0.25, 0.3) is 0 Å². The first kappa shape index (κ1) is 16.8. The van der Waals surface area contributed by atoms with Crippen molar-refractivity contribution in [2.75, 3.05) is 24.7 Å². The van der Waals surface area contributed by atoms with E-state index in [2.05, 4.69) is 19.2 Å². The zero-order valence-corrected chi connectivity index (χ0v) is 12.9. The fourth-order valence-electron chi connectivity index (χ4n) is 1.70. The lowest BCUT2D eigenvalue weighted by atomic mass is 10.2. The zero-order valence-electron chi connectivity index (χ0n) is 12.1. The third kappa shape index (κ3) is 5.79. The standard InChI is InChI=1S/C14H22N2O3S/c1-3-7-15-11-12-5-6-14(13(10-12)16(17)18)19-8-9-20-4-2/h5-6,10,15H,3-4,7-9,11H2,1-2H3. The van der Waals surface area contributed by atoms with E-state index in [9.17, 15) is 10.1 Å². The molecule has 1 rings (SSSR count). The van der Waals surface area contributed by atoms with Crippen LogP contribution < -0.4 is 10.1 Å². The van der Waals surface area contributed by atoms with E-state index in [1.165, 1.54) is 0 Å². The molecule has 0 aliphatic heterocycles. The number of benzene rings is 1. The molecule has 6 heteroatoms. The second-order valence-electron chi connectivity index (χ2n) is 4.28. The van der Waals surface area contributed by atoms with Crippen molar-refractivity contribution < 1.29 is 9.66 Å². The van der Waals surface area contributed by atoms with E-state index in [4.69, 9.17) is 4.74 Å². The minimum Gasteiger partial charge on any atom is -0.486 e. The summed E-state index contributed by atoms with van der Waals surface area (Å²) in [6.07, 6.45) is 1.04. The average Bonchev–Trinajstić information content (AvgIpc) is 2.44. The fraction of sp³-hybridized carbons (Fsp3) is 0.571. The summed E-state index contributed by atoms with van der Waals surface area (Å²) in [4.78, 5) is 10.7. The zero-order chi connectivity index (χ0) is 14.8. The van der Waals surface area contributed by atoms with Crippen molar-refractivity contribution in [3.05, 3.63) is 33.9 Å². The van der Waals surface area contributed by atoms with E-state index in [1.54, 1.807) is 23.9 Å². The second kappa shape index (κ2) is 9.61. The molecule has 0 fully saturated rings. The maximum atomic E-state index is 11.1. The number of rotatable bonds is 10. The van der Waals surface area contributed by atoms with Gasteiger partial charge in [0.15, 0.2) is 5.75 Å². The van der Waals surface area contributed by atoms with Crippen molar-refractivity contribution in [3.8, 4) is 5.75 Å². The normalized spacial score (nSPS) is 10.5. The summed E-state index contributed by atoms with van der Waals surface area (Å²) in [5.74, 6) is 2.21. The smallest absolute Gasteiger partial charge is 0.311 e. The number of nitrogens with zero attached hydrogens (tertiary/aromatic N) is 1. The van der Waals surface area contributed by atoms with E-state index in [0.717, 1.165) is 30.0 Å². The quantitative estimate of drug-likeness (QED) is 0.408. The van der Waals surface area contributed by atoms with Crippen LogP contribution in [-0.4, -0.2) is 29.6 Å². The second-order valence-corrected chi connectivity index (χ2v) is 5.68. The maximum Gasteiger partial charge on any atom is 0.311 e.